The van der Waals surface area contributed by atoms with E-state index in [1.807, 2.05) is 13.8 Å². The zero-order valence-corrected chi connectivity index (χ0v) is 19.9. The Kier molecular flexibility index (Phi) is 6.64. The van der Waals surface area contributed by atoms with Crippen LogP contribution in [-0.2, 0) is 32.6 Å². The lowest BCUT2D eigenvalue weighted by atomic mass is 9.86. The fourth-order valence-electron chi connectivity index (χ4n) is 4.84. The number of anilines is 1. The molecule has 0 spiro atoms. The molecule has 0 bridgehead atoms. The molecule has 1 aromatic carbocycles. The molecule has 0 radical (unpaired) electrons. The van der Waals surface area contributed by atoms with Crippen LogP contribution in [0.25, 0.3) is 0 Å². The maximum atomic E-state index is 15.0. The van der Waals surface area contributed by atoms with E-state index in [0.717, 1.165) is 12.0 Å². The van der Waals surface area contributed by atoms with Crippen LogP contribution in [0.2, 0.25) is 0 Å². The summed E-state index contributed by atoms with van der Waals surface area (Å²) in [6.07, 6.45) is 0.718. The quantitative estimate of drug-likeness (QED) is 0.642. The summed E-state index contributed by atoms with van der Waals surface area (Å²) in [6, 6.07) is 5.23. The van der Waals surface area contributed by atoms with Gasteiger partial charge in [0.2, 0.25) is 5.88 Å². The molecule has 0 fully saturated rings. The minimum atomic E-state index is -1.10. The molecule has 1 aliphatic carbocycles. The number of aromatic nitrogens is 1. The van der Waals surface area contributed by atoms with Crippen molar-refractivity contribution in [3.05, 3.63) is 52.5 Å². The highest BCUT2D eigenvalue weighted by atomic mass is 19.1. The zero-order chi connectivity index (χ0) is 25.3. The van der Waals surface area contributed by atoms with E-state index in [1.54, 1.807) is 18.2 Å². The topological polar surface area (TPSA) is 118 Å². The summed E-state index contributed by atoms with van der Waals surface area (Å²) in [4.78, 5) is 42.7. The average molecular weight is 486 g/mol. The van der Waals surface area contributed by atoms with Crippen molar-refractivity contribution >= 4 is 23.7 Å². The predicted octanol–water partition coefficient (Wildman–Crippen LogP) is 3.60. The van der Waals surface area contributed by atoms with Crippen molar-refractivity contribution in [3.8, 4) is 5.88 Å². The maximum Gasteiger partial charge on any atom is 0.410 e. The van der Waals surface area contributed by atoms with Crippen molar-refractivity contribution in [2.45, 2.75) is 51.0 Å². The normalized spacial score (nSPS) is 17.8. The highest BCUT2D eigenvalue weighted by Crippen LogP contribution is 2.41. The molecule has 2 aliphatic rings. The second kappa shape index (κ2) is 9.52. The van der Waals surface area contributed by atoms with Crippen LogP contribution in [-0.4, -0.2) is 53.2 Å². The Morgan fingerprint density at radius 1 is 1.26 bits per heavy atom. The fourth-order valence-corrected chi connectivity index (χ4v) is 4.84. The molecular weight excluding hydrogens is 457 g/mol. The molecule has 35 heavy (non-hydrogen) atoms. The Morgan fingerprint density at radius 2 is 2.03 bits per heavy atom. The lowest BCUT2D eigenvalue weighted by Crippen LogP contribution is -2.46. The van der Waals surface area contributed by atoms with Gasteiger partial charge in [0, 0.05) is 30.3 Å². The number of carboxylic acids is 1. The number of carbonyl (C=O) groups is 3. The monoisotopic (exact) mass is 485 g/mol. The molecule has 0 saturated carbocycles. The van der Waals surface area contributed by atoms with Crippen molar-refractivity contribution in [2.24, 2.45) is 0 Å². The molecule has 2 amide bonds. The van der Waals surface area contributed by atoms with Crippen molar-refractivity contribution in [2.75, 3.05) is 25.6 Å². The van der Waals surface area contributed by atoms with Gasteiger partial charge in [0.15, 0.2) is 0 Å². The number of fused-ring (bicyclic) bond motifs is 2. The number of carbonyl (C=O) groups excluding carboxylic acids is 2. The van der Waals surface area contributed by atoms with E-state index in [1.165, 1.54) is 18.1 Å². The Bertz CT molecular complexity index is 1180. The molecular formula is C25H28FN3O6. The summed E-state index contributed by atoms with van der Waals surface area (Å²) in [6.45, 7) is 3.80. The van der Waals surface area contributed by atoms with Crippen LogP contribution in [0.15, 0.2) is 24.3 Å². The van der Waals surface area contributed by atoms with Gasteiger partial charge < -0.3 is 19.9 Å². The van der Waals surface area contributed by atoms with E-state index in [4.69, 9.17) is 14.6 Å². The highest BCUT2D eigenvalue weighted by Gasteiger charge is 2.39. The van der Waals surface area contributed by atoms with Gasteiger partial charge in [0.1, 0.15) is 18.5 Å². The number of nitrogens with one attached hydrogen (secondary N) is 1. The summed E-state index contributed by atoms with van der Waals surface area (Å²) in [5.41, 5.74) is 2.64. The molecule has 1 atom stereocenters. The first-order chi connectivity index (χ1) is 16.6. The summed E-state index contributed by atoms with van der Waals surface area (Å²) in [5.74, 6) is -1.65. The summed E-state index contributed by atoms with van der Waals surface area (Å²) >= 11 is 0. The second-order valence-electron chi connectivity index (χ2n) is 9.36. The van der Waals surface area contributed by atoms with Crippen LogP contribution in [0.1, 0.15) is 55.1 Å². The minimum Gasteiger partial charge on any atom is -0.481 e. The van der Waals surface area contributed by atoms with Crippen LogP contribution in [0.5, 0.6) is 5.88 Å². The van der Waals surface area contributed by atoms with E-state index in [0.29, 0.717) is 41.2 Å². The van der Waals surface area contributed by atoms with Crippen LogP contribution in [0.3, 0.4) is 0 Å². The minimum absolute atomic E-state index is 0.129. The van der Waals surface area contributed by atoms with Gasteiger partial charge in [0.25, 0.3) is 5.91 Å². The molecule has 2 aromatic rings. The number of amides is 2. The van der Waals surface area contributed by atoms with E-state index >= 15 is 0 Å². The molecule has 0 saturated heterocycles. The molecule has 4 rings (SSSR count). The molecule has 9 nitrogen and oxygen atoms in total. The van der Waals surface area contributed by atoms with Gasteiger partial charge in [0.05, 0.1) is 19.2 Å². The summed E-state index contributed by atoms with van der Waals surface area (Å²) in [5, 5.41) is 11.6. The van der Waals surface area contributed by atoms with Crippen molar-refractivity contribution in [1.82, 2.24) is 9.88 Å². The van der Waals surface area contributed by atoms with Gasteiger partial charge in [-0.3, -0.25) is 14.5 Å². The number of hydrogen-bond donors (Lipinski definition) is 2. The third kappa shape index (κ3) is 4.91. The van der Waals surface area contributed by atoms with Crippen LogP contribution in [0.4, 0.5) is 14.9 Å². The first-order valence-corrected chi connectivity index (χ1v) is 11.4. The zero-order valence-electron chi connectivity index (χ0n) is 19.9. The van der Waals surface area contributed by atoms with E-state index < -0.39 is 24.0 Å². The number of aryl methyl sites for hydroxylation is 1. The number of aliphatic carboxylic acids is 1. The van der Waals surface area contributed by atoms with Gasteiger partial charge in [-0.2, -0.15) is 0 Å². The molecule has 1 aromatic heterocycles. The summed E-state index contributed by atoms with van der Waals surface area (Å²) < 4.78 is 25.3. The van der Waals surface area contributed by atoms with E-state index in [2.05, 4.69) is 10.3 Å². The number of nitrogens with zero attached hydrogens (tertiary/aromatic N) is 2. The number of rotatable bonds is 6. The van der Waals surface area contributed by atoms with E-state index in [-0.39, 0.29) is 30.8 Å². The van der Waals surface area contributed by atoms with Crippen molar-refractivity contribution in [1.29, 1.82) is 0 Å². The van der Waals surface area contributed by atoms with Crippen molar-refractivity contribution < 1.29 is 33.4 Å². The Morgan fingerprint density at radius 3 is 2.74 bits per heavy atom. The third-order valence-electron chi connectivity index (χ3n) is 6.55. The number of benzene rings is 1. The number of pyridine rings is 1. The van der Waals surface area contributed by atoms with E-state index in [9.17, 15) is 18.8 Å². The predicted molar refractivity (Wildman–Crippen MR) is 124 cm³/mol. The standard InChI is InChI=1S/C25H28FN3O6/c1-25(2)9-6-14-12-15(13-17(26)21(14)25)27-23(32)22-16-4-5-19(34-3)28-18(16)7-10-29(22)24(33)35-11-8-20(30)31/h4-5,12-13,22H,6-11H2,1-3H3,(H,27,32)(H,30,31). The lowest BCUT2D eigenvalue weighted by molar-refractivity contribution is -0.138. The number of methoxy groups -OCH3 is 1. The average Bonchev–Trinajstić information content (AvgIpc) is 3.12. The molecule has 10 heteroatoms. The SMILES string of the molecule is COc1ccc2c(n1)CCN(C(=O)OCCC(=O)O)C2C(=O)Nc1cc(F)c2c(c1)CCC2(C)C. The molecule has 2 N–H and O–H groups in total. The largest absolute Gasteiger partial charge is 0.481 e. The summed E-state index contributed by atoms with van der Waals surface area (Å²) in [7, 11) is 1.48. The highest BCUT2D eigenvalue weighted by molar-refractivity contribution is 5.98. The Balaban J connectivity index is 1.63. The Hall–Kier alpha value is -3.69. The lowest BCUT2D eigenvalue weighted by Gasteiger charge is -2.35. The van der Waals surface area contributed by atoms with Crippen molar-refractivity contribution in [3.63, 3.8) is 0 Å². The van der Waals surface area contributed by atoms with Gasteiger partial charge in [-0.15, -0.1) is 0 Å². The van der Waals surface area contributed by atoms with Gasteiger partial charge in [-0.25, -0.2) is 14.2 Å². The smallest absolute Gasteiger partial charge is 0.410 e. The molecule has 1 unspecified atom stereocenters. The maximum absolute atomic E-state index is 15.0. The number of ether oxygens (including phenoxy) is 2. The van der Waals surface area contributed by atoms with Crippen LogP contribution in [0, 0.1) is 5.82 Å². The number of carboxylic acid groups (broad SMARTS) is 1. The molecule has 1 aliphatic heterocycles. The Labute approximate surface area is 202 Å². The molecule has 2 heterocycles. The van der Waals surface area contributed by atoms with Gasteiger partial charge >= 0.3 is 12.1 Å². The van der Waals surface area contributed by atoms with Crippen LogP contribution >= 0.6 is 0 Å². The number of hydrogen-bond acceptors (Lipinski definition) is 6. The fraction of sp³-hybridized carbons (Fsp3) is 0.440. The first kappa shape index (κ1) is 24.4. The number of halogens is 1. The van der Waals surface area contributed by atoms with Gasteiger partial charge in [-0.05, 0) is 47.6 Å². The first-order valence-electron chi connectivity index (χ1n) is 11.4. The second-order valence-corrected chi connectivity index (χ2v) is 9.36. The van der Waals surface area contributed by atoms with Gasteiger partial charge in [-0.1, -0.05) is 13.8 Å². The molecule has 186 valence electrons. The third-order valence-corrected chi connectivity index (χ3v) is 6.55. The van der Waals surface area contributed by atoms with Crippen LogP contribution < -0.4 is 10.1 Å².